The van der Waals surface area contributed by atoms with Gasteiger partial charge in [0.25, 0.3) is 11.1 Å². The van der Waals surface area contributed by atoms with Crippen molar-refractivity contribution in [1.82, 2.24) is 19.2 Å². The number of carbonyl (C=O) groups is 1. The molecule has 0 saturated carbocycles. The Morgan fingerprint density at radius 1 is 0.837 bits per heavy atom. The highest BCUT2D eigenvalue weighted by Gasteiger charge is 2.29. The molecule has 2 heterocycles. The summed E-state index contributed by atoms with van der Waals surface area (Å²) in [5.41, 5.74) is 5.41. The van der Waals surface area contributed by atoms with E-state index in [9.17, 15) is 4.79 Å². The average molecular weight is 591 g/mol. The fraction of sp³-hybridized carbons (Fsp3) is 0.229. The second-order valence-electron chi connectivity index (χ2n) is 10.7. The molecule has 0 atom stereocenters. The highest BCUT2D eigenvalue weighted by molar-refractivity contribution is 7.07. The monoisotopic (exact) mass is 590 g/mol. The second-order valence-corrected chi connectivity index (χ2v) is 11.4. The Balaban J connectivity index is 1.13. The van der Waals surface area contributed by atoms with Crippen molar-refractivity contribution in [1.29, 1.82) is 0 Å². The van der Waals surface area contributed by atoms with E-state index in [-0.39, 0.29) is 11.9 Å². The van der Waals surface area contributed by atoms with Crippen LogP contribution in [-0.4, -0.2) is 58.4 Å². The van der Waals surface area contributed by atoms with Gasteiger partial charge in [-0.3, -0.25) is 9.69 Å². The van der Waals surface area contributed by atoms with Crippen LogP contribution in [0, 0.1) is 6.92 Å². The van der Waals surface area contributed by atoms with E-state index in [1.165, 1.54) is 28.2 Å². The number of aryl methyl sites for hydroxylation is 1. The molecule has 43 heavy (non-hydrogen) atoms. The molecule has 0 radical (unpaired) electrons. The number of hydrogen-bond acceptors (Lipinski definition) is 7. The summed E-state index contributed by atoms with van der Waals surface area (Å²) >= 11 is 1.19. The molecule has 218 valence electrons. The van der Waals surface area contributed by atoms with Crippen molar-refractivity contribution in [3.8, 4) is 16.7 Å². The van der Waals surface area contributed by atoms with E-state index in [1.54, 1.807) is 25.3 Å². The Hall–Kier alpha value is -4.53. The quantitative estimate of drug-likeness (QED) is 0.188. The van der Waals surface area contributed by atoms with E-state index in [2.05, 4.69) is 94.0 Å². The molecular formula is C35H34N4O3S. The van der Waals surface area contributed by atoms with Gasteiger partial charge in [-0.05, 0) is 41.8 Å². The molecule has 1 aromatic heterocycles. The fourth-order valence-corrected chi connectivity index (χ4v) is 6.04. The Labute approximate surface area is 256 Å². The smallest absolute Gasteiger partial charge is 0.298 e. The van der Waals surface area contributed by atoms with Gasteiger partial charge in [0.05, 0.1) is 13.2 Å². The topological polar surface area (TPSA) is 67.8 Å². The molecule has 7 nitrogen and oxygen atoms in total. The van der Waals surface area contributed by atoms with Crippen molar-refractivity contribution in [2.75, 3.05) is 33.3 Å². The summed E-state index contributed by atoms with van der Waals surface area (Å²) in [6.45, 7) is 4.88. The number of carbonyl (C=O) groups excluding carboxylic acids is 1. The number of amides is 1. The normalized spacial score (nSPS) is 13.7. The maximum Gasteiger partial charge on any atom is 0.298 e. The number of ether oxygens (including phenoxy) is 2. The van der Waals surface area contributed by atoms with Crippen LogP contribution in [0.4, 0.5) is 0 Å². The fourth-order valence-electron chi connectivity index (χ4n) is 5.47. The first-order valence-corrected chi connectivity index (χ1v) is 15.2. The first kappa shape index (κ1) is 28.6. The zero-order chi connectivity index (χ0) is 29.6. The van der Waals surface area contributed by atoms with E-state index in [0.717, 1.165) is 18.7 Å². The van der Waals surface area contributed by atoms with E-state index < -0.39 is 0 Å². The lowest BCUT2D eigenvalue weighted by atomic mass is 9.96. The molecule has 1 aliphatic rings. The summed E-state index contributed by atoms with van der Waals surface area (Å²) in [6.07, 6.45) is 0.622. The zero-order valence-corrected chi connectivity index (χ0v) is 25.2. The third-order valence-electron chi connectivity index (χ3n) is 7.74. The molecule has 1 fully saturated rings. The van der Waals surface area contributed by atoms with Crippen molar-refractivity contribution in [2.45, 2.75) is 19.4 Å². The molecule has 1 aliphatic heterocycles. The number of nitrogens with zero attached hydrogens (tertiary/aromatic N) is 4. The van der Waals surface area contributed by atoms with Crippen molar-refractivity contribution in [3.63, 3.8) is 0 Å². The van der Waals surface area contributed by atoms with Gasteiger partial charge in [0, 0.05) is 49.7 Å². The third-order valence-corrected chi connectivity index (χ3v) is 8.37. The Kier molecular flexibility index (Phi) is 8.77. The number of piperazine rings is 1. The first-order chi connectivity index (χ1) is 21.1. The summed E-state index contributed by atoms with van der Waals surface area (Å²) < 4.78 is 16.1. The minimum absolute atomic E-state index is 0.0274. The highest BCUT2D eigenvalue weighted by Crippen LogP contribution is 2.34. The van der Waals surface area contributed by atoms with Crippen LogP contribution < -0.4 is 9.47 Å². The molecule has 4 aromatic carbocycles. The van der Waals surface area contributed by atoms with Gasteiger partial charge in [0.15, 0.2) is 17.3 Å². The molecule has 8 heteroatoms. The summed E-state index contributed by atoms with van der Waals surface area (Å²) in [7, 11) is 1.59. The van der Waals surface area contributed by atoms with Gasteiger partial charge >= 0.3 is 0 Å². The van der Waals surface area contributed by atoms with Crippen molar-refractivity contribution >= 4 is 17.4 Å². The molecular weight excluding hydrogens is 556 g/mol. The van der Waals surface area contributed by atoms with Crippen molar-refractivity contribution in [3.05, 3.63) is 137 Å². The second kappa shape index (κ2) is 13.2. The maximum atomic E-state index is 13.6. The number of hydrogen-bond donors (Lipinski definition) is 0. The molecule has 1 saturated heterocycles. The van der Waals surface area contributed by atoms with Crippen LogP contribution in [0.5, 0.6) is 16.7 Å². The van der Waals surface area contributed by atoms with Crippen molar-refractivity contribution < 1.29 is 14.3 Å². The van der Waals surface area contributed by atoms with Gasteiger partial charge in [-0.2, -0.15) is 9.36 Å². The maximum absolute atomic E-state index is 13.6. The van der Waals surface area contributed by atoms with Crippen LogP contribution in [0.2, 0.25) is 0 Å². The predicted octanol–water partition coefficient (Wildman–Crippen LogP) is 6.79. The summed E-state index contributed by atoms with van der Waals surface area (Å²) in [6, 6.07) is 34.9. The van der Waals surface area contributed by atoms with E-state index >= 15 is 0 Å². The van der Waals surface area contributed by atoms with Crippen LogP contribution in [0.15, 0.2) is 103 Å². The summed E-state index contributed by atoms with van der Waals surface area (Å²) in [4.78, 5) is 22.6. The lowest BCUT2D eigenvalue weighted by Crippen LogP contribution is -2.49. The van der Waals surface area contributed by atoms with Gasteiger partial charge < -0.3 is 14.4 Å². The van der Waals surface area contributed by atoms with Gasteiger partial charge in [-0.1, -0.05) is 90.5 Å². The SMILES string of the molecule is COc1ccc(C(=O)N2CCN(C(c3ccccc3)c3ccccc3)CC2)cc1Oc1nc(Cc2ccc(C)cc2)ns1. The minimum atomic E-state index is -0.0274. The van der Waals surface area contributed by atoms with E-state index in [4.69, 9.17) is 9.47 Å². The standard InChI is InChI=1S/C35H34N4O3S/c1-25-13-15-26(16-14-25)23-32-36-35(43-37-32)42-31-24-29(17-18-30(31)41-2)34(40)39-21-19-38(20-22-39)33(27-9-5-3-6-10-27)28-11-7-4-8-12-28/h3-18,24,33H,19-23H2,1-2H3. The van der Waals surface area contributed by atoms with Gasteiger partial charge in [0.2, 0.25) is 0 Å². The zero-order valence-electron chi connectivity index (χ0n) is 24.3. The van der Waals surface area contributed by atoms with Crippen LogP contribution in [0.25, 0.3) is 0 Å². The molecule has 0 spiro atoms. The van der Waals surface area contributed by atoms with Gasteiger partial charge in [-0.25, -0.2) is 0 Å². The summed E-state index contributed by atoms with van der Waals surface area (Å²) in [5, 5.41) is 0.409. The first-order valence-electron chi connectivity index (χ1n) is 14.4. The average Bonchev–Trinajstić information content (AvgIpc) is 3.49. The number of rotatable bonds is 9. The molecule has 1 amide bonds. The van der Waals surface area contributed by atoms with Gasteiger partial charge in [0.1, 0.15) is 0 Å². The van der Waals surface area contributed by atoms with E-state index in [1.807, 2.05) is 17.0 Å². The molecule has 6 rings (SSSR count). The van der Waals surface area contributed by atoms with Crippen LogP contribution in [-0.2, 0) is 6.42 Å². The number of methoxy groups -OCH3 is 1. The summed E-state index contributed by atoms with van der Waals surface area (Å²) in [5.74, 6) is 1.64. The molecule has 0 unspecified atom stereocenters. The number of benzene rings is 4. The Bertz CT molecular complexity index is 1610. The van der Waals surface area contributed by atoms with Crippen molar-refractivity contribution in [2.24, 2.45) is 0 Å². The van der Waals surface area contributed by atoms with Gasteiger partial charge in [-0.15, -0.1) is 0 Å². The lowest BCUT2D eigenvalue weighted by Gasteiger charge is -2.39. The predicted molar refractivity (Wildman–Crippen MR) is 169 cm³/mol. The molecule has 0 aliphatic carbocycles. The minimum Gasteiger partial charge on any atom is -0.493 e. The number of aromatic nitrogens is 2. The third kappa shape index (κ3) is 6.77. The largest absolute Gasteiger partial charge is 0.493 e. The molecule has 0 bridgehead atoms. The highest BCUT2D eigenvalue weighted by atomic mass is 32.1. The van der Waals surface area contributed by atoms with Crippen LogP contribution in [0.1, 0.15) is 44.5 Å². The van der Waals surface area contributed by atoms with Crippen LogP contribution >= 0.6 is 11.5 Å². The lowest BCUT2D eigenvalue weighted by molar-refractivity contribution is 0.0597. The van der Waals surface area contributed by atoms with Crippen LogP contribution in [0.3, 0.4) is 0 Å². The molecule has 5 aromatic rings. The Morgan fingerprint density at radius 2 is 1.49 bits per heavy atom. The molecule has 0 N–H and O–H groups in total. The van der Waals surface area contributed by atoms with E-state index in [0.29, 0.717) is 47.6 Å². The Morgan fingerprint density at radius 3 is 2.12 bits per heavy atom.